The number of nitrogens with zero attached hydrogens (tertiary/aromatic N) is 4. The van der Waals surface area contributed by atoms with E-state index in [0.29, 0.717) is 45.8 Å². The Hall–Kier alpha value is -2.29. The average Bonchev–Trinajstić information content (AvgIpc) is 3.16. The fourth-order valence-corrected chi connectivity index (χ4v) is 5.09. The molecule has 0 N–H and O–H groups in total. The highest BCUT2D eigenvalue weighted by Gasteiger charge is 2.46. The molecule has 2 fully saturated rings. The van der Waals surface area contributed by atoms with E-state index < -0.39 is 6.04 Å². The number of hydrogen-bond acceptors (Lipinski definition) is 6. The van der Waals surface area contributed by atoms with Gasteiger partial charge in [0.25, 0.3) is 0 Å². The summed E-state index contributed by atoms with van der Waals surface area (Å²) in [4.78, 5) is 38.0. The SMILES string of the molecule is COCCN1CCN2C(=O)[C@H](Cc3ccccc3)N(Cc3scnc3C)C[C@H]2C1=O. The summed E-state index contributed by atoms with van der Waals surface area (Å²) in [5, 5.41) is 0. The van der Waals surface area contributed by atoms with Gasteiger partial charge in [-0.25, -0.2) is 4.98 Å². The van der Waals surface area contributed by atoms with Crippen LogP contribution in [0, 0.1) is 6.92 Å². The first kappa shape index (κ1) is 21.0. The third kappa shape index (κ3) is 4.26. The van der Waals surface area contributed by atoms with Crippen LogP contribution >= 0.6 is 11.3 Å². The Morgan fingerprint density at radius 1 is 1.17 bits per heavy atom. The van der Waals surface area contributed by atoms with E-state index in [9.17, 15) is 9.59 Å². The molecule has 2 aliphatic heterocycles. The lowest BCUT2D eigenvalue weighted by Crippen LogP contribution is -2.69. The Kier molecular flexibility index (Phi) is 6.46. The molecule has 7 nitrogen and oxygen atoms in total. The molecule has 0 radical (unpaired) electrons. The summed E-state index contributed by atoms with van der Waals surface area (Å²) in [6.45, 7) is 5.39. The first-order chi connectivity index (χ1) is 14.6. The molecule has 2 atom stereocenters. The zero-order chi connectivity index (χ0) is 21.1. The molecule has 2 aromatic rings. The summed E-state index contributed by atoms with van der Waals surface area (Å²) < 4.78 is 5.15. The topological polar surface area (TPSA) is 66.0 Å². The Morgan fingerprint density at radius 3 is 2.67 bits per heavy atom. The number of benzene rings is 1. The normalized spacial score (nSPS) is 22.5. The van der Waals surface area contributed by atoms with Gasteiger partial charge in [0.2, 0.25) is 11.8 Å². The van der Waals surface area contributed by atoms with Crippen LogP contribution in [0.4, 0.5) is 0 Å². The highest BCUT2D eigenvalue weighted by molar-refractivity contribution is 7.09. The van der Waals surface area contributed by atoms with Crippen molar-refractivity contribution in [3.05, 3.63) is 52.0 Å². The van der Waals surface area contributed by atoms with Crippen LogP contribution in [0.2, 0.25) is 0 Å². The number of rotatable bonds is 7. The highest BCUT2D eigenvalue weighted by atomic mass is 32.1. The van der Waals surface area contributed by atoms with Gasteiger partial charge in [0.1, 0.15) is 6.04 Å². The van der Waals surface area contributed by atoms with Gasteiger partial charge in [-0.2, -0.15) is 0 Å². The van der Waals surface area contributed by atoms with Crippen LogP contribution in [0.1, 0.15) is 16.1 Å². The maximum Gasteiger partial charge on any atom is 0.246 e. The van der Waals surface area contributed by atoms with E-state index in [1.807, 2.05) is 35.5 Å². The zero-order valence-electron chi connectivity index (χ0n) is 17.5. The van der Waals surface area contributed by atoms with Crippen molar-refractivity contribution in [1.29, 1.82) is 0 Å². The van der Waals surface area contributed by atoms with E-state index in [2.05, 4.69) is 22.0 Å². The highest BCUT2D eigenvalue weighted by Crippen LogP contribution is 2.27. The Balaban J connectivity index is 1.59. The molecule has 2 amide bonds. The number of amides is 2. The molecule has 2 saturated heterocycles. The smallest absolute Gasteiger partial charge is 0.246 e. The molecule has 8 heteroatoms. The van der Waals surface area contributed by atoms with Crippen LogP contribution in [0.5, 0.6) is 0 Å². The molecule has 30 heavy (non-hydrogen) atoms. The number of ether oxygens (including phenoxy) is 1. The largest absolute Gasteiger partial charge is 0.383 e. The van der Waals surface area contributed by atoms with E-state index in [-0.39, 0.29) is 17.9 Å². The van der Waals surface area contributed by atoms with Crippen LogP contribution in [0.15, 0.2) is 35.8 Å². The summed E-state index contributed by atoms with van der Waals surface area (Å²) in [5.41, 5.74) is 3.96. The van der Waals surface area contributed by atoms with E-state index in [1.165, 1.54) is 0 Å². The van der Waals surface area contributed by atoms with Crippen LogP contribution in [0.3, 0.4) is 0 Å². The number of hydrogen-bond donors (Lipinski definition) is 0. The summed E-state index contributed by atoms with van der Waals surface area (Å²) in [6, 6.07) is 9.40. The summed E-state index contributed by atoms with van der Waals surface area (Å²) in [7, 11) is 1.64. The number of piperazine rings is 2. The molecule has 0 saturated carbocycles. The van der Waals surface area contributed by atoms with Crippen molar-refractivity contribution >= 4 is 23.2 Å². The lowest BCUT2D eigenvalue weighted by atomic mass is 9.96. The van der Waals surface area contributed by atoms with E-state index in [4.69, 9.17) is 4.74 Å². The average molecular weight is 429 g/mol. The number of thiazole rings is 1. The number of methoxy groups -OCH3 is 1. The number of aryl methyl sites for hydroxylation is 1. The quantitative estimate of drug-likeness (QED) is 0.670. The maximum absolute atomic E-state index is 13.5. The van der Waals surface area contributed by atoms with Crippen molar-refractivity contribution in [2.45, 2.75) is 32.0 Å². The van der Waals surface area contributed by atoms with Gasteiger partial charge in [-0.3, -0.25) is 14.5 Å². The van der Waals surface area contributed by atoms with Crippen molar-refractivity contribution in [2.24, 2.45) is 0 Å². The van der Waals surface area contributed by atoms with Crippen molar-refractivity contribution in [3.8, 4) is 0 Å². The molecule has 0 unspecified atom stereocenters. The lowest BCUT2D eigenvalue weighted by molar-refractivity contribution is -0.162. The Labute approximate surface area is 181 Å². The minimum absolute atomic E-state index is 0.0239. The van der Waals surface area contributed by atoms with E-state index in [0.717, 1.165) is 16.1 Å². The first-order valence-corrected chi connectivity index (χ1v) is 11.2. The second-order valence-electron chi connectivity index (χ2n) is 7.86. The predicted molar refractivity (Wildman–Crippen MR) is 115 cm³/mol. The van der Waals surface area contributed by atoms with Gasteiger partial charge >= 0.3 is 0 Å². The van der Waals surface area contributed by atoms with Gasteiger partial charge < -0.3 is 14.5 Å². The van der Waals surface area contributed by atoms with Gasteiger partial charge in [-0.05, 0) is 18.9 Å². The van der Waals surface area contributed by atoms with Gasteiger partial charge in [-0.1, -0.05) is 30.3 Å². The molecule has 0 bridgehead atoms. The van der Waals surface area contributed by atoms with Crippen LogP contribution in [-0.4, -0.2) is 83.5 Å². The van der Waals surface area contributed by atoms with Gasteiger partial charge in [0, 0.05) is 44.7 Å². The van der Waals surface area contributed by atoms with Crippen LogP contribution < -0.4 is 0 Å². The Morgan fingerprint density at radius 2 is 1.97 bits per heavy atom. The molecule has 0 aliphatic carbocycles. The van der Waals surface area contributed by atoms with Crippen LogP contribution in [0.25, 0.3) is 0 Å². The number of aromatic nitrogens is 1. The fourth-order valence-electron chi connectivity index (χ4n) is 4.29. The first-order valence-electron chi connectivity index (χ1n) is 10.3. The van der Waals surface area contributed by atoms with Crippen molar-refractivity contribution in [2.75, 3.05) is 39.9 Å². The molecular formula is C22H28N4O3S. The van der Waals surface area contributed by atoms with Crippen molar-refractivity contribution in [3.63, 3.8) is 0 Å². The second-order valence-corrected chi connectivity index (χ2v) is 8.80. The molecule has 0 spiro atoms. The number of fused-ring (bicyclic) bond motifs is 1. The molecular weight excluding hydrogens is 400 g/mol. The molecule has 2 aliphatic rings. The lowest BCUT2D eigenvalue weighted by Gasteiger charge is -2.49. The summed E-state index contributed by atoms with van der Waals surface area (Å²) in [6.07, 6.45) is 0.641. The van der Waals surface area contributed by atoms with Crippen LogP contribution in [-0.2, 0) is 27.3 Å². The zero-order valence-corrected chi connectivity index (χ0v) is 18.3. The van der Waals surface area contributed by atoms with Gasteiger partial charge in [0.15, 0.2) is 0 Å². The molecule has 4 rings (SSSR count). The molecule has 1 aromatic carbocycles. The standard InChI is InChI=1S/C22H28N4O3S/c1-16-20(30-15-23-16)14-25-13-19-21(27)24(10-11-29-2)8-9-26(19)22(28)18(25)12-17-6-4-3-5-7-17/h3-7,15,18-19H,8-14H2,1-2H3/t18-,19-/m0/s1. The second kappa shape index (κ2) is 9.24. The van der Waals surface area contributed by atoms with Gasteiger partial charge in [0.05, 0.1) is 23.9 Å². The minimum atomic E-state index is -0.427. The predicted octanol–water partition coefficient (Wildman–Crippen LogP) is 1.56. The third-order valence-electron chi connectivity index (χ3n) is 6.03. The summed E-state index contributed by atoms with van der Waals surface area (Å²) in [5.74, 6) is 0.0767. The monoisotopic (exact) mass is 428 g/mol. The number of carbonyl (C=O) groups excluding carboxylic acids is 2. The molecule has 160 valence electrons. The number of carbonyl (C=O) groups is 2. The van der Waals surface area contributed by atoms with Gasteiger partial charge in [-0.15, -0.1) is 11.3 Å². The summed E-state index contributed by atoms with van der Waals surface area (Å²) >= 11 is 1.61. The Bertz CT molecular complexity index is 888. The maximum atomic E-state index is 13.5. The van der Waals surface area contributed by atoms with E-state index >= 15 is 0 Å². The third-order valence-corrected chi connectivity index (χ3v) is 6.95. The molecule has 3 heterocycles. The van der Waals surface area contributed by atoms with E-state index in [1.54, 1.807) is 23.3 Å². The molecule has 1 aromatic heterocycles. The van der Waals surface area contributed by atoms with Crippen molar-refractivity contribution in [1.82, 2.24) is 19.7 Å². The fraction of sp³-hybridized carbons (Fsp3) is 0.500. The van der Waals surface area contributed by atoms with Crippen molar-refractivity contribution < 1.29 is 14.3 Å². The minimum Gasteiger partial charge on any atom is -0.383 e.